The molecule has 2 N–H and O–H groups in total. The zero-order chi connectivity index (χ0) is 11.4. The molecular formula is C11H22N2O2. The maximum atomic E-state index is 12.0. The fraction of sp³-hybridized carbons (Fsp3) is 0.909. The predicted octanol–water partition coefficient (Wildman–Crippen LogP) is 0.750. The normalized spacial score (nSPS) is 28.9. The third-order valence-corrected chi connectivity index (χ3v) is 2.81. The van der Waals surface area contributed by atoms with E-state index in [0.717, 1.165) is 12.8 Å². The van der Waals surface area contributed by atoms with Crippen LogP contribution in [0.4, 0.5) is 0 Å². The molecule has 15 heavy (non-hydrogen) atoms. The van der Waals surface area contributed by atoms with Gasteiger partial charge in [-0.25, -0.2) is 0 Å². The van der Waals surface area contributed by atoms with Crippen LogP contribution in [-0.4, -0.2) is 42.1 Å². The molecule has 2 unspecified atom stereocenters. The number of hydrogen-bond acceptors (Lipinski definition) is 3. The van der Waals surface area contributed by atoms with Crippen molar-refractivity contribution >= 4 is 5.91 Å². The molecule has 0 aliphatic carbocycles. The van der Waals surface area contributed by atoms with E-state index in [9.17, 15) is 4.79 Å². The summed E-state index contributed by atoms with van der Waals surface area (Å²) in [5.74, 6) is 0.0690. The SMILES string of the molecule is CCC[C@H](N)C(=O)N1CC(C)OCC1C. The summed E-state index contributed by atoms with van der Waals surface area (Å²) in [5, 5.41) is 0. The molecule has 1 rings (SSSR count). The van der Waals surface area contributed by atoms with Gasteiger partial charge in [-0.3, -0.25) is 4.79 Å². The summed E-state index contributed by atoms with van der Waals surface area (Å²) < 4.78 is 5.48. The van der Waals surface area contributed by atoms with Crippen LogP contribution in [-0.2, 0) is 9.53 Å². The zero-order valence-corrected chi connectivity index (χ0v) is 9.90. The third-order valence-electron chi connectivity index (χ3n) is 2.81. The smallest absolute Gasteiger partial charge is 0.239 e. The minimum atomic E-state index is -0.345. The van der Waals surface area contributed by atoms with Crippen molar-refractivity contribution in [3.8, 4) is 0 Å². The van der Waals surface area contributed by atoms with Gasteiger partial charge in [-0.1, -0.05) is 13.3 Å². The first-order valence-electron chi connectivity index (χ1n) is 5.74. The number of carbonyl (C=O) groups is 1. The molecule has 4 heteroatoms. The van der Waals surface area contributed by atoms with Crippen LogP contribution < -0.4 is 5.73 Å². The average Bonchev–Trinajstić information content (AvgIpc) is 2.21. The van der Waals surface area contributed by atoms with Gasteiger partial charge in [0.2, 0.25) is 5.91 Å². The summed E-state index contributed by atoms with van der Waals surface area (Å²) in [6.07, 6.45) is 1.83. The first-order valence-corrected chi connectivity index (χ1v) is 5.74. The van der Waals surface area contributed by atoms with E-state index in [1.165, 1.54) is 0 Å². The highest BCUT2D eigenvalue weighted by atomic mass is 16.5. The quantitative estimate of drug-likeness (QED) is 0.754. The molecule has 1 heterocycles. The summed E-state index contributed by atoms with van der Waals surface area (Å²) in [5.41, 5.74) is 5.83. The Hall–Kier alpha value is -0.610. The van der Waals surface area contributed by atoms with Gasteiger partial charge in [0.25, 0.3) is 0 Å². The molecule has 0 aromatic rings. The molecule has 1 aliphatic rings. The van der Waals surface area contributed by atoms with E-state index >= 15 is 0 Å². The fourth-order valence-electron chi connectivity index (χ4n) is 1.86. The number of nitrogens with zero attached hydrogens (tertiary/aromatic N) is 1. The lowest BCUT2D eigenvalue weighted by Gasteiger charge is -2.38. The molecule has 0 bridgehead atoms. The van der Waals surface area contributed by atoms with Gasteiger partial charge < -0.3 is 15.4 Å². The van der Waals surface area contributed by atoms with Gasteiger partial charge in [0, 0.05) is 6.54 Å². The Kier molecular flexibility index (Phi) is 4.54. The van der Waals surface area contributed by atoms with Gasteiger partial charge in [0.15, 0.2) is 0 Å². The molecule has 0 aromatic carbocycles. The highest BCUT2D eigenvalue weighted by Gasteiger charge is 2.29. The molecule has 1 aliphatic heterocycles. The first kappa shape index (κ1) is 12.5. The molecule has 1 saturated heterocycles. The van der Waals surface area contributed by atoms with E-state index in [4.69, 9.17) is 10.5 Å². The van der Waals surface area contributed by atoms with E-state index < -0.39 is 0 Å². The van der Waals surface area contributed by atoms with Crippen LogP contribution in [0.2, 0.25) is 0 Å². The second kappa shape index (κ2) is 5.47. The van der Waals surface area contributed by atoms with Crippen LogP contribution in [0.3, 0.4) is 0 Å². The van der Waals surface area contributed by atoms with Crippen LogP contribution >= 0.6 is 0 Å². The minimum absolute atomic E-state index is 0.0690. The zero-order valence-electron chi connectivity index (χ0n) is 9.90. The number of nitrogens with two attached hydrogens (primary N) is 1. The fourth-order valence-corrected chi connectivity index (χ4v) is 1.86. The van der Waals surface area contributed by atoms with E-state index in [0.29, 0.717) is 13.2 Å². The maximum absolute atomic E-state index is 12.0. The number of hydrogen-bond donors (Lipinski definition) is 1. The second-order valence-corrected chi connectivity index (χ2v) is 4.38. The van der Waals surface area contributed by atoms with Crippen molar-refractivity contribution in [1.29, 1.82) is 0 Å². The molecule has 3 atom stereocenters. The molecule has 0 aromatic heterocycles. The summed E-state index contributed by atoms with van der Waals surface area (Å²) in [6.45, 7) is 7.31. The number of morpholine rings is 1. The number of carbonyl (C=O) groups excluding carboxylic acids is 1. The molecule has 4 nitrogen and oxygen atoms in total. The van der Waals surface area contributed by atoms with Crippen molar-refractivity contribution in [2.24, 2.45) is 5.73 Å². The summed E-state index contributed by atoms with van der Waals surface area (Å²) >= 11 is 0. The van der Waals surface area contributed by atoms with Gasteiger partial charge in [-0.2, -0.15) is 0 Å². The third kappa shape index (κ3) is 3.18. The summed E-state index contributed by atoms with van der Waals surface area (Å²) in [7, 11) is 0. The Morgan fingerprint density at radius 3 is 2.87 bits per heavy atom. The molecular weight excluding hydrogens is 192 g/mol. The summed E-state index contributed by atoms with van der Waals surface area (Å²) in [6, 6.07) is -0.195. The van der Waals surface area contributed by atoms with Crippen LogP contribution in [0.5, 0.6) is 0 Å². The lowest BCUT2D eigenvalue weighted by molar-refractivity contribution is -0.144. The monoisotopic (exact) mass is 214 g/mol. The van der Waals surface area contributed by atoms with Crippen LogP contribution in [0, 0.1) is 0 Å². The Labute approximate surface area is 91.8 Å². The lowest BCUT2D eigenvalue weighted by atomic mass is 10.1. The minimum Gasteiger partial charge on any atom is -0.375 e. The molecule has 1 amide bonds. The Bertz CT molecular complexity index is 221. The largest absolute Gasteiger partial charge is 0.375 e. The number of ether oxygens (including phenoxy) is 1. The number of amides is 1. The van der Waals surface area contributed by atoms with Crippen LogP contribution in [0.25, 0.3) is 0 Å². The van der Waals surface area contributed by atoms with Crippen LogP contribution in [0.15, 0.2) is 0 Å². The van der Waals surface area contributed by atoms with Crippen molar-refractivity contribution in [3.05, 3.63) is 0 Å². The molecule has 0 radical (unpaired) electrons. The summed E-state index contributed by atoms with van der Waals surface area (Å²) in [4.78, 5) is 13.8. The van der Waals surface area contributed by atoms with Crippen molar-refractivity contribution in [2.75, 3.05) is 13.2 Å². The molecule has 88 valence electrons. The van der Waals surface area contributed by atoms with E-state index in [1.54, 1.807) is 0 Å². The van der Waals surface area contributed by atoms with E-state index in [-0.39, 0.29) is 24.1 Å². The average molecular weight is 214 g/mol. The van der Waals surface area contributed by atoms with Crippen LogP contribution in [0.1, 0.15) is 33.6 Å². The Morgan fingerprint density at radius 2 is 2.27 bits per heavy atom. The van der Waals surface area contributed by atoms with Gasteiger partial charge in [-0.05, 0) is 20.3 Å². The Morgan fingerprint density at radius 1 is 1.60 bits per heavy atom. The van der Waals surface area contributed by atoms with Crippen molar-refractivity contribution in [2.45, 2.75) is 51.8 Å². The predicted molar refractivity (Wildman–Crippen MR) is 59.5 cm³/mol. The first-order chi connectivity index (χ1) is 7.06. The van der Waals surface area contributed by atoms with Gasteiger partial charge in [0.05, 0.1) is 24.8 Å². The van der Waals surface area contributed by atoms with Crippen molar-refractivity contribution in [1.82, 2.24) is 4.90 Å². The van der Waals surface area contributed by atoms with E-state index in [1.807, 2.05) is 25.7 Å². The highest BCUT2D eigenvalue weighted by Crippen LogP contribution is 2.13. The topological polar surface area (TPSA) is 55.6 Å². The molecule has 0 saturated carbocycles. The lowest BCUT2D eigenvalue weighted by Crippen LogP contribution is -2.55. The van der Waals surface area contributed by atoms with Gasteiger partial charge in [-0.15, -0.1) is 0 Å². The van der Waals surface area contributed by atoms with Gasteiger partial charge >= 0.3 is 0 Å². The standard InChI is InChI=1S/C11H22N2O2/c1-4-5-10(12)11(14)13-6-9(3)15-7-8(13)2/h8-10H,4-7,12H2,1-3H3/t8?,9?,10-/m0/s1. The van der Waals surface area contributed by atoms with Gasteiger partial charge in [0.1, 0.15) is 0 Å². The van der Waals surface area contributed by atoms with E-state index in [2.05, 4.69) is 0 Å². The molecule has 0 spiro atoms. The second-order valence-electron chi connectivity index (χ2n) is 4.38. The number of rotatable bonds is 3. The Balaban J connectivity index is 2.56. The van der Waals surface area contributed by atoms with Crippen molar-refractivity contribution in [3.63, 3.8) is 0 Å². The van der Waals surface area contributed by atoms with Crippen molar-refractivity contribution < 1.29 is 9.53 Å². The maximum Gasteiger partial charge on any atom is 0.239 e. The highest BCUT2D eigenvalue weighted by molar-refractivity contribution is 5.82. The molecule has 1 fully saturated rings.